The Morgan fingerprint density at radius 3 is 2.54 bits per heavy atom. The normalized spacial score (nSPS) is 18.2. The van der Waals surface area contributed by atoms with Crippen molar-refractivity contribution in [2.45, 2.75) is 50.3 Å². The van der Waals surface area contributed by atoms with Crippen LogP contribution in [0.3, 0.4) is 0 Å². The third-order valence-corrected chi connectivity index (χ3v) is 8.49. The van der Waals surface area contributed by atoms with Gasteiger partial charge in [0.2, 0.25) is 11.8 Å². The Labute approximate surface area is 213 Å². The number of hydrogen-bond donors (Lipinski definition) is 1. The molecule has 0 saturated heterocycles. The minimum absolute atomic E-state index is 0.0223. The second kappa shape index (κ2) is 9.35. The Morgan fingerprint density at radius 1 is 1.20 bits per heavy atom. The largest absolute Gasteiger partial charge is 0.497 e. The van der Waals surface area contributed by atoms with Crippen LogP contribution in [0.15, 0.2) is 41.8 Å². The van der Waals surface area contributed by atoms with E-state index in [0.29, 0.717) is 11.6 Å². The number of methoxy groups -OCH3 is 1. The fourth-order valence-corrected chi connectivity index (χ4v) is 6.46. The number of hydrogen-bond acceptors (Lipinski definition) is 6. The van der Waals surface area contributed by atoms with Crippen LogP contribution >= 0.6 is 23.1 Å². The van der Waals surface area contributed by atoms with Crippen molar-refractivity contribution in [1.29, 1.82) is 0 Å². The molecule has 0 radical (unpaired) electrons. The molecular formula is C26H30N4O3S2. The van der Waals surface area contributed by atoms with Gasteiger partial charge in [-0.25, -0.2) is 4.68 Å². The monoisotopic (exact) mass is 510 g/mol. The smallest absolute Gasteiger partial charge is 0.240 e. The Hall–Kier alpha value is -2.78. The summed E-state index contributed by atoms with van der Waals surface area (Å²) in [6, 6.07) is 12.0. The first kappa shape index (κ1) is 23.9. The molecule has 1 atom stereocenters. The summed E-state index contributed by atoms with van der Waals surface area (Å²) in [5.74, 6) is 1.49. The molecule has 3 heterocycles. The first-order valence-electron chi connectivity index (χ1n) is 11.8. The van der Waals surface area contributed by atoms with Gasteiger partial charge in [-0.05, 0) is 48.6 Å². The van der Waals surface area contributed by atoms with Crippen molar-refractivity contribution < 1.29 is 14.3 Å². The number of amides is 2. The highest BCUT2D eigenvalue weighted by Gasteiger charge is 2.40. The number of thiophene rings is 1. The van der Waals surface area contributed by atoms with Crippen LogP contribution in [0.25, 0.3) is 5.69 Å². The molecule has 184 valence electrons. The zero-order chi connectivity index (χ0) is 24.7. The number of nitrogens with zero attached hydrogens (tertiary/aromatic N) is 3. The lowest BCUT2D eigenvalue weighted by atomic mass is 9.88. The number of fused-ring (bicyclic) bond motifs is 1. The van der Waals surface area contributed by atoms with Crippen molar-refractivity contribution in [3.63, 3.8) is 0 Å². The van der Waals surface area contributed by atoms with Crippen LogP contribution in [0, 0.1) is 0 Å². The lowest BCUT2D eigenvalue weighted by Gasteiger charge is -2.24. The van der Waals surface area contributed by atoms with Crippen molar-refractivity contribution in [2.24, 2.45) is 0 Å². The second-order valence-electron chi connectivity index (χ2n) is 9.97. The Bertz CT molecular complexity index is 1220. The summed E-state index contributed by atoms with van der Waals surface area (Å²) in [5.41, 5.74) is 2.48. The molecule has 1 aliphatic heterocycles. The molecule has 0 bridgehead atoms. The zero-order valence-electron chi connectivity index (χ0n) is 20.4. The van der Waals surface area contributed by atoms with Crippen LogP contribution < -0.4 is 15.0 Å². The van der Waals surface area contributed by atoms with E-state index >= 15 is 0 Å². The van der Waals surface area contributed by atoms with Gasteiger partial charge in [0.1, 0.15) is 18.1 Å². The van der Waals surface area contributed by atoms with E-state index in [2.05, 4.69) is 37.5 Å². The van der Waals surface area contributed by atoms with E-state index in [1.54, 1.807) is 35.1 Å². The molecule has 3 aromatic rings. The highest BCUT2D eigenvalue weighted by molar-refractivity contribution is 8.00. The van der Waals surface area contributed by atoms with Gasteiger partial charge >= 0.3 is 0 Å². The topological polar surface area (TPSA) is 76.5 Å². The fourth-order valence-electron chi connectivity index (χ4n) is 4.29. The van der Waals surface area contributed by atoms with Crippen LogP contribution in [-0.4, -0.2) is 47.0 Å². The van der Waals surface area contributed by atoms with E-state index in [-0.39, 0.29) is 35.1 Å². The number of nitrogens with one attached hydrogen (secondary N) is 1. The van der Waals surface area contributed by atoms with E-state index in [0.717, 1.165) is 35.5 Å². The van der Waals surface area contributed by atoms with Gasteiger partial charge in [-0.15, -0.1) is 23.1 Å². The quantitative estimate of drug-likeness (QED) is 0.521. The molecule has 2 aromatic heterocycles. The first-order valence-corrected chi connectivity index (χ1v) is 13.7. The standard InChI is InChI=1S/C26H30N4O3S2/c1-26(2,3)24-22-23(19-6-5-13-34-19)35-15-21(32)29(14-20(31)27-16-7-8-16)25(22)30(28-24)17-9-11-18(33-4)12-10-17/h5-6,9-13,16,23H,7-8,14-15H2,1-4H3,(H,27,31)/t23-/m0/s1. The maximum Gasteiger partial charge on any atom is 0.240 e. The summed E-state index contributed by atoms with van der Waals surface area (Å²) < 4.78 is 7.19. The molecule has 9 heteroatoms. The van der Waals surface area contributed by atoms with Gasteiger partial charge in [0.25, 0.3) is 0 Å². The average Bonchev–Trinajstić information content (AvgIpc) is 3.34. The van der Waals surface area contributed by atoms with Crippen LogP contribution in [-0.2, 0) is 15.0 Å². The van der Waals surface area contributed by atoms with Crippen LogP contribution in [0.2, 0.25) is 0 Å². The van der Waals surface area contributed by atoms with Crippen LogP contribution in [0.4, 0.5) is 5.82 Å². The van der Waals surface area contributed by atoms with Gasteiger partial charge < -0.3 is 10.1 Å². The zero-order valence-corrected chi connectivity index (χ0v) is 22.0. The number of carbonyl (C=O) groups is 2. The number of rotatable bonds is 6. The molecule has 2 aliphatic rings. The van der Waals surface area contributed by atoms with Crippen molar-refractivity contribution >= 4 is 40.7 Å². The third kappa shape index (κ3) is 4.84. The average molecular weight is 511 g/mol. The molecule has 35 heavy (non-hydrogen) atoms. The van der Waals surface area contributed by atoms with E-state index in [1.807, 2.05) is 35.0 Å². The summed E-state index contributed by atoms with van der Waals surface area (Å²) in [5, 5.41) is 10.2. The molecule has 1 aromatic carbocycles. The minimum atomic E-state index is -0.271. The maximum atomic E-state index is 13.5. The second-order valence-corrected chi connectivity index (χ2v) is 12.0. The van der Waals surface area contributed by atoms with Gasteiger partial charge in [-0.2, -0.15) is 5.10 Å². The van der Waals surface area contributed by atoms with Crippen molar-refractivity contribution in [1.82, 2.24) is 15.1 Å². The van der Waals surface area contributed by atoms with Gasteiger partial charge in [0, 0.05) is 21.9 Å². The highest BCUT2D eigenvalue weighted by atomic mass is 32.2. The van der Waals surface area contributed by atoms with Crippen molar-refractivity contribution in [3.05, 3.63) is 57.9 Å². The lowest BCUT2D eigenvalue weighted by molar-refractivity contribution is -0.123. The molecule has 0 spiro atoms. The summed E-state index contributed by atoms with van der Waals surface area (Å²) in [4.78, 5) is 29.3. The van der Waals surface area contributed by atoms with Crippen LogP contribution in [0.1, 0.15) is 55.0 Å². The minimum Gasteiger partial charge on any atom is -0.497 e. The molecule has 1 saturated carbocycles. The molecule has 2 amide bonds. The summed E-state index contributed by atoms with van der Waals surface area (Å²) in [6.07, 6.45) is 2.00. The third-order valence-electron chi connectivity index (χ3n) is 6.16. The van der Waals surface area contributed by atoms with Crippen LogP contribution in [0.5, 0.6) is 5.75 Å². The Kier molecular flexibility index (Phi) is 6.40. The fraction of sp³-hybridized carbons (Fsp3) is 0.423. The molecule has 5 rings (SSSR count). The van der Waals surface area contributed by atoms with Gasteiger partial charge in [0.05, 0.1) is 29.5 Å². The Balaban J connectivity index is 1.72. The molecule has 1 fully saturated rings. The lowest BCUT2D eigenvalue weighted by Crippen LogP contribution is -2.43. The summed E-state index contributed by atoms with van der Waals surface area (Å²) >= 11 is 3.29. The summed E-state index contributed by atoms with van der Waals surface area (Å²) in [7, 11) is 1.63. The molecular weight excluding hydrogens is 480 g/mol. The number of benzene rings is 1. The number of anilines is 1. The summed E-state index contributed by atoms with van der Waals surface area (Å²) in [6.45, 7) is 6.40. The molecule has 1 N–H and O–H groups in total. The van der Waals surface area contributed by atoms with Crippen molar-refractivity contribution in [2.75, 3.05) is 24.3 Å². The van der Waals surface area contributed by atoms with Gasteiger partial charge in [0.15, 0.2) is 0 Å². The maximum absolute atomic E-state index is 13.5. The first-order chi connectivity index (χ1) is 16.8. The number of thioether (sulfide) groups is 1. The van der Waals surface area contributed by atoms with E-state index in [9.17, 15) is 9.59 Å². The number of carbonyl (C=O) groups excluding carboxylic acids is 2. The predicted molar refractivity (Wildman–Crippen MR) is 141 cm³/mol. The number of ether oxygens (including phenoxy) is 1. The van der Waals surface area contributed by atoms with E-state index in [1.165, 1.54) is 4.88 Å². The predicted octanol–water partition coefficient (Wildman–Crippen LogP) is 4.69. The highest BCUT2D eigenvalue weighted by Crippen LogP contribution is 2.49. The van der Waals surface area contributed by atoms with Gasteiger partial charge in [-0.3, -0.25) is 14.5 Å². The molecule has 7 nitrogen and oxygen atoms in total. The van der Waals surface area contributed by atoms with E-state index in [4.69, 9.17) is 9.84 Å². The van der Waals surface area contributed by atoms with Gasteiger partial charge in [-0.1, -0.05) is 26.8 Å². The van der Waals surface area contributed by atoms with Crippen molar-refractivity contribution in [3.8, 4) is 11.4 Å². The molecule has 0 unspecified atom stereocenters. The Morgan fingerprint density at radius 2 is 1.94 bits per heavy atom. The van der Waals surface area contributed by atoms with E-state index < -0.39 is 0 Å². The number of aromatic nitrogens is 2. The SMILES string of the molecule is COc1ccc(-n2nc(C(C)(C)C)c3c2N(CC(=O)NC2CC2)C(=O)CS[C@H]3c2cccs2)cc1. The molecule has 1 aliphatic carbocycles.